The van der Waals surface area contributed by atoms with E-state index < -0.39 is 0 Å². The predicted molar refractivity (Wildman–Crippen MR) is 90.4 cm³/mol. The van der Waals surface area contributed by atoms with Crippen LogP contribution >= 0.6 is 11.3 Å². The molecule has 2 aromatic rings. The van der Waals surface area contributed by atoms with E-state index in [1.54, 1.807) is 11.3 Å². The van der Waals surface area contributed by atoms with Crippen LogP contribution in [0.3, 0.4) is 0 Å². The highest BCUT2D eigenvalue weighted by Gasteiger charge is 2.24. The molecular formula is C18H20N2OS. The van der Waals surface area contributed by atoms with E-state index >= 15 is 0 Å². The standard InChI is InChI=1S/C18H20N2OS/c1-2-6-17-15(4-1)10-14(13-21-17)11-20-8-3-5-16(12-20)18-19-7-9-22-18/h1-2,4,6-7,9-10,16H,3,5,8,11-13H2/t16-/m0/s1. The highest BCUT2D eigenvalue weighted by molar-refractivity contribution is 7.09. The van der Waals surface area contributed by atoms with Crippen LogP contribution in [0.4, 0.5) is 0 Å². The van der Waals surface area contributed by atoms with E-state index in [1.807, 2.05) is 18.3 Å². The number of fused-ring (bicyclic) bond motifs is 1. The Morgan fingerprint density at radius 1 is 1.32 bits per heavy atom. The number of nitrogens with zero attached hydrogens (tertiary/aromatic N) is 2. The normalized spacial score (nSPS) is 21.8. The molecule has 4 rings (SSSR count). The third-order valence-corrected chi connectivity index (χ3v) is 5.36. The molecule has 0 bridgehead atoms. The fourth-order valence-electron chi connectivity index (χ4n) is 3.38. The predicted octanol–water partition coefficient (Wildman–Crippen LogP) is 3.80. The molecule has 1 aromatic heterocycles. The third kappa shape index (κ3) is 2.94. The fourth-order valence-corrected chi connectivity index (χ4v) is 4.15. The number of aromatic nitrogens is 1. The molecule has 114 valence electrons. The molecule has 0 aliphatic carbocycles. The summed E-state index contributed by atoms with van der Waals surface area (Å²) in [6, 6.07) is 8.27. The van der Waals surface area contributed by atoms with Gasteiger partial charge in [-0.05, 0) is 37.1 Å². The number of hydrogen-bond acceptors (Lipinski definition) is 4. The van der Waals surface area contributed by atoms with Gasteiger partial charge in [0.2, 0.25) is 0 Å². The molecule has 1 atom stereocenters. The Balaban J connectivity index is 1.44. The summed E-state index contributed by atoms with van der Waals surface area (Å²) in [7, 11) is 0. The first-order valence-electron chi connectivity index (χ1n) is 7.91. The quantitative estimate of drug-likeness (QED) is 0.862. The molecule has 0 unspecified atom stereocenters. The molecule has 22 heavy (non-hydrogen) atoms. The molecule has 2 aliphatic rings. The van der Waals surface area contributed by atoms with Gasteiger partial charge in [-0.3, -0.25) is 4.90 Å². The van der Waals surface area contributed by atoms with E-state index in [2.05, 4.69) is 33.5 Å². The summed E-state index contributed by atoms with van der Waals surface area (Å²) >= 11 is 1.79. The molecule has 0 spiro atoms. The van der Waals surface area contributed by atoms with Gasteiger partial charge in [0.15, 0.2) is 0 Å². The van der Waals surface area contributed by atoms with Crippen molar-refractivity contribution < 1.29 is 4.74 Å². The minimum atomic E-state index is 0.603. The largest absolute Gasteiger partial charge is 0.489 e. The van der Waals surface area contributed by atoms with E-state index in [4.69, 9.17) is 4.74 Å². The minimum Gasteiger partial charge on any atom is -0.489 e. The topological polar surface area (TPSA) is 25.4 Å². The number of piperidine rings is 1. The van der Waals surface area contributed by atoms with Crippen molar-refractivity contribution in [2.24, 2.45) is 0 Å². The zero-order valence-electron chi connectivity index (χ0n) is 12.6. The molecule has 3 heterocycles. The fraction of sp³-hybridized carbons (Fsp3) is 0.389. The van der Waals surface area contributed by atoms with Crippen molar-refractivity contribution in [3.05, 3.63) is 52.0 Å². The molecule has 0 saturated carbocycles. The lowest BCUT2D eigenvalue weighted by Crippen LogP contribution is -2.36. The first kappa shape index (κ1) is 14.0. The van der Waals surface area contributed by atoms with Gasteiger partial charge in [-0.15, -0.1) is 11.3 Å². The summed E-state index contributed by atoms with van der Waals surface area (Å²) in [4.78, 5) is 7.06. The van der Waals surface area contributed by atoms with Crippen molar-refractivity contribution in [1.29, 1.82) is 0 Å². The number of ether oxygens (including phenoxy) is 1. The van der Waals surface area contributed by atoms with E-state index in [0.717, 1.165) is 25.4 Å². The second kappa shape index (κ2) is 6.23. The average Bonchev–Trinajstić information content (AvgIpc) is 3.10. The van der Waals surface area contributed by atoms with Crippen molar-refractivity contribution in [3.63, 3.8) is 0 Å². The molecule has 0 radical (unpaired) electrons. The van der Waals surface area contributed by atoms with Gasteiger partial charge >= 0.3 is 0 Å². The lowest BCUT2D eigenvalue weighted by Gasteiger charge is -2.33. The summed E-state index contributed by atoms with van der Waals surface area (Å²) in [6.07, 6.45) is 6.75. The van der Waals surface area contributed by atoms with Crippen LogP contribution in [0, 0.1) is 0 Å². The Bertz CT molecular complexity index is 665. The molecule has 4 heteroatoms. The molecule has 3 nitrogen and oxygen atoms in total. The Kier molecular flexibility index (Phi) is 3.95. The van der Waals surface area contributed by atoms with Gasteiger partial charge in [0.25, 0.3) is 0 Å². The monoisotopic (exact) mass is 312 g/mol. The highest BCUT2D eigenvalue weighted by Crippen LogP contribution is 2.30. The number of hydrogen-bond donors (Lipinski definition) is 0. The van der Waals surface area contributed by atoms with Crippen LogP contribution in [-0.4, -0.2) is 36.1 Å². The maximum Gasteiger partial charge on any atom is 0.127 e. The zero-order valence-corrected chi connectivity index (χ0v) is 13.4. The van der Waals surface area contributed by atoms with Crippen LogP contribution in [0.5, 0.6) is 5.75 Å². The van der Waals surface area contributed by atoms with Crippen molar-refractivity contribution in [3.8, 4) is 5.75 Å². The van der Waals surface area contributed by atoms with Gasteiger partial charge in [0.05, 0.1) is 5.01 Å². The molecule has 0 N–H and O–H groups in total. The lowest BCUT2D eigenvalue weighted by molar-refractivity contribution is 0.214. The van der Waals surface area contributed by atoms with Gasteiger partial charge in [-0.1, -0.05) is 18.2 Å². The van der Waals surface area contributed by atoms with Crippen molar-refractivity contribution >= 4 is 17.4 Å². The van der Waals surface area contributed by atoms with Crippen molar-refractivity contribution in [2.75, 3.05) is 26.2 Å². The summed E-state index contributed by atoms with van der Waals surface area (Å²) < 4.78 is 5.87. The van der Waals surface area contributed by atoms with Gasteiger partial charge < -0.3 is 4.74 Å². The Hall–Kier alpha value is -1.65. The van der Waals surface area contributed by atoms with Gasteiger partial charge in [-0.25, -0.2) is 4.98 Å². The van der Waals surface area contributed by atoms with E-state index in [9.17, 15) is 0 Å². The SMILES string of the molecule is C1=C(CN2CCC[C@H](c3nccs3)C2)COc2ccccc21. The smallest absolute Gasteiger partial charge is 0.127 e. The van der Waals surface area contributed by atoms with Crippen molar-refractivity contribution in [1.82, 2.24) is 9.88 Å². The molecule has 1 aromatic carbocycles. The highest BCUT2D eigenvalue weighted by atomic mass is 32.1. The molecular weight excluding hydrogens is 292 g/mol. The van der Waals surface area contributed by atoms with Crippen LogP contribution in [-0.2, 0) is 0 Å². The summed E-state index contributed by atoms with van der Waals surface area (Å²) in [5.41, 5.74) is 2.58. The van der Waals surface area contributed by atoms with Gasteiger partial charge in [0, 0.05) is 36.1 Å². The van der Waals surface area contributed by atoms with E-state index in [-0.39, 0.29) is 0 Å². The Morgan fingerprint density at radius 3 is 3.18 bits per heavy atom. The van der Waals surface area contributed by atoms with Crippen LogP contribution < -0.4 is 4.74 Å². The first-order valence-corrected chi connectivity index (χ1v) is 8.79. The van der Waals surface area contributed by atoms with Crippen LogP contribution in [0.2, 0.25) is 0 Å². The average molecular weight is 312 g/mol. The molecule has 0 amide bonds. The van der Waals surface area contributed by atoms with Crippen molar-refractivity contribution in [2.45, 2.75) is 18.8 Å². The van der Waals surface area contributed by atoms with E-state index in [0.29, 0.717) is 5.92 Å². The Labute approximate surface area is 135 Å². The van der Waals surface area contributed by atoms with Crippen LogP contribution in [0.25, 0.3) is 6.08 Å². The third-order valence-electron chi connectivity index (χ3n) is 4.42. The summed E-state index contributed by atoms with van der Waals surface area (Å²) in [6.45, 7) is 4.03. The van der Waals surface area contributed by atoms with Crippen LogP contribution in [0.15, 0.2) is 41.4 Å². The minimum absolute atomic E-state index is 0.603. The molecule has 1 fully saturated rings. The number of rotatable bonds is 3. The number of benzene rings is 1. The number of likely N-dealkylation sites (tertiary alicyclic amines) is 1. The second-order valence-electron chi connectivity index (χ2n) is 6.07. The number of thiazole rings is 1. The summed E-state index contributed by atoms with van der Waals surface area (Å²) in [5, 5.41) is 3.38. The lowest BCUT2D eigenvalue weighted by atomic mass is 9.98. The summed E-state index contributed by atoms with van der Waals surface area (Å²) in [5.74, 6) is 1.61. The molecule has 1 saturated heterocycles. The number of para-hydroxylation sites is 1. The Morgan fingerprint density at radius 2 is 2.27 bits per heavy atom. The first-order chi connectivity index (χ1) is 10.9. The molecule has 2 aliphatic heterocycles. The maximum atomic E-state index is 5.87. The van der Waals surface area contributed by atoms with Gasteiger partial charge in [0.1, 0.15) is 12.4 Å². The van der Waals surface area contributed by atoms with Gasteiger partial charge in [-0.2, -0.15) is 0 Å². The van der Waals surface area contributed by atoms with Crippen LogP contribution in [0.1, 0.15) is 29.3 Å². The second-order valence-corrected chi connectivity index (χ2v) is 7.00. The van der Waals surface area contributed by atoms with E-state index in [1.165, 1.54) is 35.5 Å². The zero-order chi connectivity index (χ0) is 14.8. The maximum absolute atomic E-state index is 5.87.